The molecule has 2 heterocycles. The molecule has 0 aliphatic carbocycles. The van der Waals surface area contributed by atoms with Crippen LogP contribution in [0.1, 0.15) is 24.3 Å². The van der Waals surface area contributed by atoms with Crippen molar-refractivity contribution in [1.82, 2.24) is 15.2 Å². The molecule has 1 atom stereocenters. The first-order valence-corrected chi connectivity index (χ1v) is 5.93. The summed E-state index contributed by atoms with van der Waals surface area (Å²) in [5.74, 6) is -0.760. The minimum absolute atomic E-state index is 0.139. The molecular weight excluding hydrogens is 278 g/mol. The van der Waals surface area contributed by atoms with Gasteiger partial charge in [0.1, 0.15) is 23.4 Å². The Morgan fingerprint density at radius 2 is 2.15 bits per heavy atom. The summed E-state index contributed by atoms with van der Waals surface area (Å²) in [6.45, 7) is 1.54. The van der Waals surface area contributed by atoms with E-state index in [-0.39, 0.29) is 24.4 Å². The number of aliphatic hydroxyl groups excluding tert-OH is 1. The monoisotopic (exact) mass is 291 g/mol. The van der Waals surface area contributed by atoms with Gasteiger partial charge in [0.15, 0.2) is 0 Å². The van der Waals surface area contributed by atoms with Crippen LogP contribution >= 0.6 is 0 Å². The highest BCUT2D eigenvalue weighted by Crippen LogP contribution is 2.33. The molecule has 4 nitrogen and oxygen atoms in total. The fourth-order valence-corrected chi connectivity index (χ4v) is 1.94. The van der Waals surface area contributed by atoms with Crippen molar-refractivity contribution < 1.29 is 22.7 Å². The third-order valence-electron chi connectivity index (χ3n) is 2.96. The molecule has 1 aliphatic heterocycles. The van der Waals surface area contributed by atoms with Crippen molar-refractivity contribution in [3.8, 4) is 0 Å². The zero-order valence-electron chi connectivity index (χ0n) is 10.6. The molecule has 1 aromatic rings. The summed E-state index contributed by atoms with van der Waals surface area (Å²) >= 11 is 0. The fraction of sp³-hybridized carbons (Fsp3) is 0.417. The second-order valence-electron chi connectivity index (χ2n) is 4.29. The number of aliphatic hydroxyl groups is 1. The highest BCUT2D eigenvalue weighted by atomic mass is 19.4. The molecule has 0 fully saturated rings. The van der Waals surface area contributed by atoms with E-state index in [1.165, 1.54) is 11.1 Å². The Kier molecular flexibility index (Phi) is 3.85. The quantitative estimate of drug-likeness (QED) is 0.837. The molecule has 1 unspecified atom stereocenters. The van der Waals surface area contributed by atoms with Crippen LogP contribution in [0.15, 0.2) is 24.2 Å². The van der Waals surface area contributed by atoms with E-state index in [0.29, 0.717) is 0 Å². The van der Waals surface area contributed by atoms with Crippen LogP contribution in [0.25, 0.3) is 0 Å². The van der Waals surface area contributed by atoms with E-state index in [2.05, 4.69) is 10.3 Å². The molecule has 1 aliphatic rings. The maximum Gasteiger partial charge on any atom is 0.432 e. The van der Waals surface area contributed by atoms with Gasteiger partial charge in [0.25, 0.3) is 0 Å². The highest BCUT2D eigenvalue weighted by Gasteiger charge is 2.41. The van der Waals surface area contributed by atoms with Gasteiger partial charge in [-0.3, -0.25) is 4.98 Å². The minimum atomic E-state index is -4.52. The number of pyridine rings is 1. The van der Waals surface area contributed by atoms with Crippen LogP contribution in [0.2, 0.25) is 0 Å². The van der Waals surface area contributed by atoms with E-state index in [1.54, 1.807) is 6.92 Å². The van der Waals surface area contributed by atoms with Crippen molar-refractivity contribution in [2.45, 2.75) is 25.9 Å². The van der Waals surface area contributed by atoms with E-state index < -0.39 is 23.9 Å². The topological polar surface area (TPSA) is 48.4 Å². The number of halogens is 4. The van der Waals surface area contributed by atoms with Crippen LogP contribution in [0.4, 0.5) is 17.6 Å². The van der Waals surface area contributed by atoms with Crippen molar-refractivity contribution >= 4 is 0 Å². The number of aromatic nitrogens is 1. The second kappa shape index (κ2) is 5.28. The molecule has 0 aromatic carbocycles. The van der Waals surface area contributed by atoms with Crippen molar-refractivity contribution in [3.63, 3.8) is 0 Å². The van der Waals surface area contributed by atoms with Gasteiger partial charge >= 0.3 is 6.18 Å². The van der Waals surface area contributed by atoms with E-state index >= 15 is 0 Å². The number of nitrogens with zero attached hydrogens (tertiary/aromatic N) is 2. The summed E-state index contributed by atoms with van der Waals surface area (Å²) in [6, 6.07) is 1.06. The Morgan fingerprint density at radius 1 is 1.45 bits per heavy atom. The van der Waals surface area contributed by atoms with Gasteiger partial charge < -0.3 is 15.3 Å². The van der Waals surface area contributed by atoms with Crippen molar-refractivity contribution in [2.24, 2.45) is 0 Å². The average Bonchev–Trinajstić information content (AvgIpc) is 2.82. The van der Waals surface area contributed by atoms with Gasteiger partial charge in [0, 0.05) is 18.9 Å². The number of hydrogen-bond donors (Lipinski definition) is 2. The van der Waals surface area contributed by atoms with Crippen LogP contribution in [0.3, 0.4) is 0 Å². The Bertz CT molecular complexity index is 530. The predicted octanol–water partition coefficient (Wildman–Crippen LogP) is 2.04. The summed E-state index contributed by atoms with van der Waals surface area (Å²) in [5, 5.41) is 11.1. The molecule has 0 saturated heterocycles. The third-order valence-corrected chi connectivity index (χ3v) is 2.96. The summed E-state index contributed by atoms with van der Waals surface area (Å²) in [5.41, 5.74) is -0.812. The molecule has 0 spiro atoms. The Balaban J connectivity index is 2.30. The Hall–Kier alpha value is -1.83. The van der Waals surface area contributed by atoms with E-state index in [9.17, 15) is 17.6 Å². The Morgan fingerprint density at radius 3 is 2.65 bits per heavy atom. The first-order chi connectivity index (χ1) is 9.36. The molecule has 20 heavy (non-hydrogen) atoms. The SMILES string of the molecule is CCN1C=C(C(F)(F)F)NC1c1ncc(CO)cc1F. The van der Waals surface area contributed by atoms with Crippen LogP contribution < -0.4 is 5.32 Å². The average molecular weight is 291 g/mol. The molecule has 110 valence electrons. The van der Waals surface area contributed by atoms with Gasteiger partial charge in [-0.15, -0.1) is 0 Å². The van der Waals surface area contributed by atoms with E-state index in [1.807, 2.05) is 0 Å². The highest BCUT2D eigenvalue weighted by molar-refractivity contribution is 5.24. The standard InChI is InChI=1S/C12H13F4N3O/c1-2-19-5-9(12(14,15)16)18-11(19)10-8(13)3-7(6-20)4-17-10/h3-5,11,18,20H,2,6H2,1H3. The molecule has 0 radical (unpaired) electrons. The van der Waals surface area contributed by atoms with Crippen LogP contribution in [-0.4, -0.2) is 27.7 Å². The maximum atomic E-state index is 13.9. The zero-order valence-corrected chi connectivity index (χ0v) is 10.6. The van der Waals surface area contributed by atoms with E-state index in [4.69, 9.17) is 5.11 Å². The van der Waals surface area contributed by atoms with Gasteiger partial charge in [0.05, 0.1) is 6.61 Å². The summed E-state index contributed by atoms with van der Waals surface area (Å²) in [6.07, 6.45) is -3.39. The summed E-state index contributed by atoms with van der Waals surface area (Å²) in [4.78, 5) is 5.12. The minimum Gasteiger partial charge on any atom is -0.392 e. The molecular formula is C12H13F4N3O. The van der Waals surface area contributed by atoms with Crippen molar-refractivity contribution in [1.29, 1.82) is 0 Å². The smallest absolute Gasteiger partial charge is 0.392 e. The zero-order chi connectivity index (χ0) is 14.9. The number of nitrogens with one attached hydrogen (secondary N) is 1. The van der Waals surface area contributed by atoms with Gasteiger partial charge in [0.2, 0.25) is 0 Å². The third kappa shape index (κ3) is 2.69. The molecule has 2 N–H and O–H groups in total. The van der Waals surface area contributed by atoms with Gasteiger partial charge in [-0.25, -0.2) is 4.39 Å². The number of alkyl halides is 3. The Labute approximate surface area is 112 Å². The lowest BCUT2D eigenvalue weighted by Crippen LogP contribution is -2.31. The van der Waals surface area contributed by atoms with Crippen LogP contribution in [-0.2, 0) is 6.61 Å². The lowest BCUT2D eigenvalue weighted by Gasteiger charge is -2.24. The lowest BCUT2D eigenvalue weighted by atomic mass is 10.2. The first kappa shape index (κ1) is 14.6. The largest absolute Gasteiger partial charge is 0.432 e. The fourth-order valence-electron chi connectivity index (χ4n) is 1.94. The molecule has 0 bridgehead atoms. The molecule has 0 saturated carbocycles. The van der Waals surface area contributed by atoms with Gasteiger partial charge in [-0.05, 0) is 18.6 Å². The number of hydrogen-bond acceptors (Lipinski definition) is 4. The summed E-state index contributed by atoms with van der Waals surface area (Å²) < 4.78 is 51.9. The molecule has 1 aromatic heterocycles. The van der Waals surface area contributed by atoms with Gasteiger partial charge in [-0.2, -0.15) is 13.2 Å². The second-order valence-corrected chi connectivity index (χ2v) is 4.29. The molecule has 8 heteroatoms. The maximum absolute atomic E-state index is 13.9. The van der Waals surface area contributed by atoms with Crippen molar-refractivity contribution in [3.05, 3.63) is 41.2 Å². The lowest BCUT2D eigenvalue weighted by molar-refractivity contribution is -0.0964. The molecule has 0 amide bonds. The molecule has 2 rings (SSSR count). The first-order valence-electron chi connectivity index (χ1n) is 5.93. The van der Waals surface area contributed by atoms with Gasteiger partial charge in [-0.1, -0.05) is 0 Å². The van der Waals surface area contributed by atoms with Crippen LogP contribution in [0.5, 0.6) is 0 Å². The number of rotatable bonds is 3. The van der Waals surface area contributed by atoms with Crippen LogP contribution in [0, 0.1) is 5.82 Å². The normalized spacial score (nSPS) is 19.0. The van der Waals surface area contributed by atoms with E-state index in [0.717, 1.165) is 12.3 Å². The summed E-state index contributed by atoms with van der Waals surface area (Å²) in [7, 11) is 0. The predicted molar refractivity (Wildman–Crippen MR) is 62.5 cm³/mol. The van der Waals surface area contributed by atoms with Crippen molar-refractivity contribution in [2.75, 3.05) is 6.54 Å². The number of allylic oxidation sites excluding steroid dienone is 1.